The van der Waals surface area contributed by atoms with Gasteiger partial charge in [-0.3, -0.25) is 0 Å². The predicted octanol–water partition coefficient (Wildman–Crippen LogP) is 5.99. The maximum atomic E-state index is 14.7. The van der Waals surface area contributed by atoms with Gasteiger partial charge in [0.2, 0.25) is 0 Å². The van der Waals surface area contributed by atoms with E-state index in [-0.39, 0.29) is 11.3 Å². The molecule has 0 saturated heterocycles. The van der Waals surface area contributed by atoms with Crippen LogP contribution in [-0.2, 0) is 10.7 Å². The number of nitriles is 1. The standard InChI is InChI=1S/C18H8F7NO2S/c19-8-3-7(6-26)4-9(5-8)28-11-2-1-10-13-12(11)14(20)15(21)16(13,29-27)18(24,25)17(10,22)23/h1-5,14-15,27H/t14-,15-,16-/m0/s1. The molecular weight excluding hydrogens is 427 g/mol. The molecule has 4 rings (SSSR count). The Morgan fingerprint density at radius 2 is 1.79 bits per heavy atom. The number of ether oxygens (including phenoxy) is 1. The summed E-state index contributed by atoms with van der Waals surface area (Å²) in [6.07, 6.45) is -6.02. The molecule has 0 amide bonds. The van der Waals surface area contributed by atoms with E-state index in [1.165, 1.54) is 0 Å². The minimum Gasteiger partial charge on any atom is -0.457 e. The zero-order valence-electron chi connectivity index (χ0n) is 13.9. The molecule has 0 aromatic heterocycles. The number of alkyl halides is 6. The largest absolute Gasteiger partial charge is 0.457 e. The quantitative estimate of drug-likeness (QED) is 0.475. The summed E-state index contributed by atoms with van der Waals surface area (Å²) >= 11 is -0.884. The van der Waals surface area contributed by atoms with Crippen LogP contribution in [0.25, 0.3) is 0 Å². The number of halogens is 7. The number of hydrogen-bond donors (Lipinski definition) is 1. The summed E-state index contributed by atoms with van der Waals surface area (Å²) in [5.74, 6) is -11.9. The summed E-state index contributed by atoms with van der Waals surface area (Å²) < 4.78 is 112. The molecule has 11 heteroatoms. The molecule has 2 aromatic rings. The second-order valence-electron chi connectivity index (χ2n) is 6.57. The Kier molecular flexibility index (Phi) is 4.12. The minimum atomic E-state index is -5.14. The summed E-state index contributed by atoms with van der Waals surface area (Å²) in [6.45, 7) is 0. The Morgan fingerprint density at radius 3 is 2.41 bits per heavy atom. The third-order valence-electron chi connectivity index (χ3n) is 5.07. The SMILES string of the molecule is N#Cc1cc(F)cc(Oc2ccc3c4c2[C@H](F)[C@H](F)[C@]4(SO)C(F)(F)C3(F)F)c1. The van der Waals surface area contributed by atoms with E-state index in [9.17, 15) is 35.3 Å². The molecule has 0 radical (unpaired) electrons. The average molecular weight is 435 g/mol. The van der Waals surface area contributed by atoms with Crippen molar-refractivity contribution in [3.05, 3.63) is 58.4 Å². The molecule has 0 heterocycles. The summed E-state index contributed by atoms with van der Waals surface area (Å²) in [5.41, 5.74) is -3.52. The second kappa shape index (κ2) is 6.03. The van der Waals surface area contributed by atoms with Gasteiger partial charge in [-0.05, 0) is 29.8 Å². The topological polar surface area (TPSA) is 53.2 Å². The van der Waals surface area contributed by atoms with E-state index in [1.807, 2.05) is 0 Å². The van der Waals surface area contributed by atoms with E-state index < -0.39 is 69.2 Å². The molecular formula is C18H8F7NO2S. The number of benzene rings is 2. The molecule has 3 atom stereocenters. The molecule has 0 fully saturated rings. The lowest BCUT2D eigenvalue weighted by Gasteiger charge is -2.33. The Balaban J connectivity index is 1.95. The summed E-state index contributed by atoms with van der Waals surface area (Å²) in [7, 11) is 0. The summed E-state index contributed by atoms with van der Waals surface area (Å²) in [4.78, 5) is 0. The van der Waals surface area contributed by atoms with Crippen LogP contribution in [0.4, 0.5) is 30.7 Å². The van der Waals surface area contributed by atoms with E-state index in [1.54, 1.807) is 6.07 Å². The lowest BCUT2D eigenvalue weighted by molar-refractivity contribution is -0.231. The third kappa shape index (κ3) is 2.24. The first-order valence-electron chi connectivity index (χ1n) is 7.95. The van der Waals surface area contributed by atoms with Crippen molar-refractivity contribution in [2.24, 2.45) is 0 Å². The highest BCUT2D eigenvalue weighted by Crippen LogP contribution is 2.73. The molecule has 29 heavy (non-hydrogen) atoms. The Bertz CT molecular complexity index is 1070. The molecule has 3 nitrogen and oxygen atoms in total. The molecule has 0 saturated carbocycles. The zero-order chi connectivity index (χ0) is 21.4. The molecule has 0 aliphatic heterocycles. The van der Waals surface area contributed by atoms with Gasteiger partial charge in [0.15, 0.2) is 17.1 Å². The van der Waals surface area contributed by atoms with Crippen LogP contribution in [0.1, 0.15) is 28.4 Å². The monoisotopic (exact) mass is 435 g/mol. The Labute approximate surface area is 162 Å². The van der Waals surface area contributed by atoms with E-state index >= 15 is 0 Å². The van der Waals surface area contributed by atoms with Crippen molar-refractivity contribution in [2.45, 2.75) is 28.9 Å². The van der Waals surface area contributed by atoms with E-state index in [0.717, 1.165) is 24.3 Å². The van der Waals surface area contributed by atoms with Gasteiger partial charge >= 0.3 is 11.8 Å². The lowest BCUT2D eigenvalue weighted by atomic mass is 9.97. The van der Waals surface area contributed by atoms with Gasteiger partial charge in [0.05, 0.1) is 11.6 Å². The maximum Gasteiger partial charge on any atom is 0.338 e. The second-order valence-corrected chi connectivity index (χ2v) is 7.40. The van der Waals surface area contributed by atoms with Crippen molar-refractivity contribution in [2.75, 3.05) is 0 Å². The van der Waals surface area contributed by atoms with Crippen molar-refractivity contribution in [1.82, 2.24) is 0 Å². The Hall–Kier alpha value is -2.45. The summed E-state index contributed by atoms with van der Waals surface area (Å²) in [5, 5.41) is 8.87. The first kappa shape index (κ1) is 19.8. The van der Waals surface area contributed by atoms with Crippen LogP contribution >= 0.6 is 12.0 Å². The van der Waals surface area contributed by atoms with Crippen molar-refractivity contribution in [3.8, 4) is 17.6 Å². The molecule has 0 bridgehead atoms. The van der Waals surface area contributed by atoms with Crippen molar-refractivity contribution < 1.29 is 40.0 Å². The van der Waals surface area contributed by atoms with Crippen molar-refractivity contribution in [3.63, 3.8) is 0 Å². The van der Waals surface area contributed by atoms with Gasteiger partial charge < -0.3 is 9.29 Å². The van der Waals surface area contributed by atoms with Gasteiger partial charge in [-0.15, -0.1) is 0 Å². The van der Waals surface area contributed by atoms with Crippen LogP contribution in [0.5, 0.6) is 11.5 Å². The highest BCUT2D eigenvalue weighted by atomic mass is 32.2. The van der Waals surface area contributed by atoms with Gasteiger partial charge in [-0.1, -0.05) is 0 Å². The first-order valence-corrected chi connectivity index (χ1v) is 8.73. The third-order valence-corrected chi connectivity index (χ3v) is 6.04. The van der Waals surface area contributed by atoms with Gasteiger partial charge in [-0.2, -0.15) is 22.8 Å². The van der Waals surface area contributed by atoms with Crippen LogP contribution in [0.2, 0.25) is 0 Å². The molecule has 0 spiro atoms. The van der Waals surface area contributed by atoms with E-state index in [4.69, 9.17) is 10.00 Å². The maximum absolute atomic E-state index is 14.7. The van der Waals surface area contributed by atoms with Gasteiger partial charge in [0.25, 0.3) is 0 Å². The average Bonchev–Trinajstić information content (AvgIpc) is 2.97. The smallest absolute Gasteiger partial charge is 0.338 e. The molecule has 152 valence electrons. The molecule has 2 aliphatic rings. The molecule has 2 aromatic carbocycles. The van der Waals surface area contributed by atoms with E-state index in [0.29, 0.717) is 6.07 Å². The van der Waals surface area contributed by atoms with E-state index in [2.05, 4.69) is 0 Å². The van der Waals surface area contributed by atoms with Gasteiger partial charge in [0, 0.05) is 29.2 Å². The molecule has 0 unspecified atom stereocenters. The van der Waals surface area contributed by atoms with Gasteiger partial charge in [0.1, 0.15) is 17.3 Å². The van der Waals surface area contributed by atoms with Crippen LogP contribution in [0.15, 0.2) is 30.3 Å². The van der Waals surface area contributed by atoms with Crippen LogP contribution in [0, 0.1) is 17.1 Å². The lowest BCUT2D eigenvalue weighted by Crippen LogP contribution is -2.51. The first-order chi connectivity index (χ1) is 13.5. The van der Waals surface area contributed by atoms with Crippen LogP contribution < -0.4 is 4.74 Å². The summed E-state index contributed by atoms with van der Waals surface area (Å²) in [6, 6.07) is 5.58. The number of hydrogen-bond acceptors (Lipinski definition) is 4. The van der Waals surface area contributed by atoms with Crippen molar-refractivity contribution in [1.29, 1.82) is 5.26 Å². The fraction of sp³-hybridized carbons (Fsp3) is 0.278. The minimum absolute atomic E-state index is 0.184. The van der Waals surface area contributed by atoms with Crippen LogP contribution in [0.3, 0.4) is 0 Å². The molecule has 1 N–H and O–H groups in total. The highest BCUT2D eigenvalue weighted by Gasteiger charge is 2.83. The highest BCUT2D eigenvalue weighted by molar-refractivity contribution is 7.94. The predicted molar refractivity (Wildman–Crippen MR) is 87.1 cm³/mol. The van der Waals surface area contributed by atoms with Crippen molar-refractivity contribution >= 4 is 12.0 Å². The number of rotatable bonds is 3. The normalized spacial score (nSPS) is 28.1. The number of nitrogens with zero attached hydrogens (tertiary/aromatic N) is 1. The zero-order valence-corrected chi connectivity index (χ0v) is 14.7. The van der Waals surface area contributed by atoms with Gasteiger partial charge in [-0.25, -0.2) is 13.2 Å². The fourth-order valence-corrected chi connectivity index (χ4v) is 4.59. The molecule has 2 aliphatic carbocycles. The van der Waals surface area contributed by atoms with Crippen LogP contribution in [-0.4, -0.2) is 16.6 Å². The fourth-order valence-electron chi connectivity index (χ4n) is 3.81. The Morgan fingerprint density at radius 1 is 1.10 bits per heavy atom.